The average molecular weight is 475 g/mol. The molecule has 8 nitrogen and oxygen atoms in total. The van der Waals surface area contributed by atoms with Gasteiger partial charge in [0.05, 0.1) is 43.6 Å². The van der Waals surface area contributed by atoms with Crippen LogP contribution in [-0.2, 0) is 9.53 Å². The number of aromatic nitrogens is 1. The zero-order valence-electron chi connectivity index (χ0n) is 20.0. The number of hydrogen-bond donors (Lipinski definition) is 0. The summed E-state index contributed by atoms with van der Waals surface area (Å²) in [5.41, 5.74) is 3.10. The van der Waals surface area contributed by atoms with Crippen LogP contribution in [0.2, 0.25) is 0 Å². The van der Waals surface area contributed by atoms with Gasteiger partial charge >= 0.3 is 0 Å². The second-order valence-corrected chi connectivity index (χ2v) is 8.87. The number of carbonyl (C=O) groups is 2. The van der Waals surface area contributed by atoms with Crippen LogP contribution in [0.4, 0.5) is 0 Å². The van der Waals surface area contributed by atoms with E-state index in [2.05, 4.69) is 4.90 Å². The predicted octanol–water partition coefficient (Wildman–Crippen LogP) is 2.53. The van der Waals surface area contributed by atoms with E-state index in [0.29, 0.717) is 70.3 Å². The highest BCUT2D eigenvalue weighted by atomic mass is 16.5. The van der Waals surface area contributed by atoms with Gasteiger partial charge in [-0.1, -0.05) is 30.3 Å². The Hall–Kier alpha value is -3.49. The van der Waals surface area contributed by atoms with E-state index in [4.69, 9.17) is 14.5 Å². The van der Waals surface area contributed by atoms with Gasteiger partial charge in [-0.2, -0.15) is 0 Å². The lowest BCUT2D eigenvalue weighted by Crippen LogP contribution is -2.52. The lowest BCUT2D eigenvalue weighted by atomic mass is 10.0. The molecule has 8 heteroatoms. The van der Waals surface area contributed by atoms with Crippen molar-refractivity contribution in [2.45, 2.75) is 0 Å². The van der Waals surface area contributed by atoms with E-state index in [1.807, 2.05) is 64.4 Å². The molecule has 0 saturated carbocycles. The van der Waals surface area contributed by atoms with Crippen LogP contribution in [-0.4, -0.2) is 97.6 Å². The number of ether oxygens (including phenoxy) is 2. The van der Waals surface area contributed by atoms with Crippen molar-refractivity contribution < 1.29 is 19.1 Å². The molecular formula is C27H30N4O4. The predicted molar refractivity (Wildman–Crippen MR) is 133 cm³/mol. The molecule has 0 aliphatic carbocycles. The maximum atomic E-state index is 13.7. The highest BCUT2D eigenvalue weighted by molar-refractivity contribution is 6.07. The Morgan fingerprint density at radius 3 is 2.37 bits per heavy atom. The average Bonchev–Trinajstić information content (AvgIpc) is 2.93. The van der Waals surface area contributed by atoms with E-state index < -0.39 is 0 Å². The Morgan fingerprint density at radius 1 is 0.914 bits per heavy atom. The fraction of sp³-hybridized carbons (Fsp3) is 0.370. The summed E-state index contributed by atoms with van der Waals surface area (Å²) in [6.45, 7) is 5.37. The Kier molecular flexibility index (Phi) is 6.92. The summed E-state index contributed by atoms with van der Waals surface area (Å²) in [7, 11) is 1.62. The summed E-state index contributed by atoms with van der Waals surface area (Å²) in [6, 6.07) is 17.4. The Balaban J connectivity index is 1.35. The molecule has 2 aromatic carbocycles. The Labute approximate surface area is 205 Å². The van der Waals surface area contributed by atoms with E-state index in [0.717, 1.165) is 22.2 Å². The van der Waals surface area contributed by atoms with Crippen LogP contribution in [0, 0.1) is 0 Å². The van der Waals surface area contributed by atoms with Gasteiger partial charge in [-0.15, -0.1) is 0 Å². The van der Waals surface area contributed by atoms with E-state index in [1.54, 1.807) is 7.11 Å². The van der Waals surface area contributed by atoms with Crippen molar-refractivity contribution in [3.05, 3.63) is 60.2 Å². The second kappa shape index (κ2) is 10.4. The highest BCUT2D eigenvalue weighted by Gasteiger charge is 2.27. The van der Waals surface area contributed by atoms with Gasteiger partial charge in [0.1, 0.15) is 5.75 Å². The third kappa shape index (κ3) is 5.13. The lowest BCUT2D eigenvalue weighted by Gasteiger charge is -2.36. The van der Waals surface area contributed by atoms with Crippen molar-refractivity contribution >= 4 is 22.7 Å². The van der Waals surface area contributed by atoms with Gasteiger partial charge in [-0.25, -0.2) is 4.98 Å². The first kappa shape index (κ1) is 23.3. The fourth-order valence-corrected chi connectivity index (χ4v) is 4.65. The summed E-state index contributed by atoms with van der Waals surface area (Å²) in [5.74, 6) is 0.794. The highest BCUT2D eigenvalue weighted by Crippen LogP contribution is 2.29. The topological polar surface area (TPSA) is 75.2 Å². The molecular weight excluding hydrogens is 444 g/mol. The minimum absolute atomic E-state index is 0.0259. The van der Waals surface area contributed by atoms with Crippen molar-refractivity contribution in [1.29, 1.82) is 0 Å². The SMILES string of the molecule is COc1ccc2nc(-c3ccccc3)cc(C(=O)N3CCN(CC(=O)N4CCOCC4)CC3)c2c1. The van der Waals surface area contributed by atoms with Crippen LogP contribution in [0.1, 0.15) is 10.4 Å². The molecule has 0 spiro atoms. The molecule has 2 fully saturated rings. The van der Waals surface area contributed by atoms with Gasteiger partial charge in [0.25, 0.3) is 5.91 Å². The van der Waals surface area contributed by atoms with Gasteiger partial charge < -0.3 is 19.3 Å². The van der Waals surface area contributed by atoms with Crippen LogP contribution in [0.25, 0.3) is 22.2 Å². The maximum absolute atomic E-state index is 13.7. The molecule has 2 amide bonds. The first-order chi connectivity index (χ1) is 17.1. The molecule has 2 aliphatic rings. The van der Waals surface area contributed by atoms with Crippen molar-refractivity contribution in [2.75, 3.05) is 66.1 Å². The van der Waals surface area contributed by atoms with Crippen LogP contribution in [0.15, 0.2) is 54.6 Å². The van der Waals surface area contributed by atoms with E-state index in [-0.39, 0.29) is 11.8 Å². The van der Waals surface area contributed by atoms with Crippen LogP contribution in [0.5, 0.6) is 5.75 Å². The largest absolute Gasteiger partial charge is 0.497 e. The van der Waals surface area contributed by atoms with E-state index in [1.165, 1.54) is 0 Å². The molecule has 0 atom stereocenters. The van der Waals surface area contributed by atoms with Crippen molar-refractivity contribution in [3.63, 3.8) is 0 Å². The first-order valence-electron chi connectivity index (χ1n) is 12.0. The van der Waals surface area contributed by atoms with Crippen molar-refractivity contribution in [2.24, 2.45) is 0 Å². The summed E-state index contributed by atoms with van der Waals surface area (Å²) in [5, 5.41) is 0.777. The number of rotatable bonds is 5. The molecule has 0 N–H and O–H groups in total. The van der Waals surface area contributed by atoms with Crippen LogP contribution in [0.3, 0.4) is 0 Å². The molecule has 0 unspecified atom stereocenters. The molecule has 35 heavy (non-hydrogen) atoms. The number of hydrogen-bond acceptors (Lipinski definition) is 6. The molecule has 0 bridgehead atoms. The molecule has 5 rings (SSSR count). The van der Waals surface area contributed by atoms with E-state index in [9.17, 15) is 9.59 Å². The number of nitrogens with zero attached hydrogens (tertiary/aromatic N) is 4. The number of pyridine rings is 1. The maximum Gasteiger partial charge on any atom is 0.254 e. The van der Waals surface area contributed by atoms with Gasteiger partial charge in [-0.05, 0) is 24.3 Å². The summed E-state index contributed by atoms with van der Waals surface area (Å²) in [6.07, 6.45) is 0. The van der Waals surface area contributed by atoms with Crippen LogP contribution >= 0.6 is 0 Å². The molecule has 1 aromatic heterocycles. The molecule has 3 heterocycles. The number of piperazine rings is 1. The normalized spacial score (nSPS) is 16.9. The third-order valence-corrected chi connectivity index (χ3v) is 6.70. The van der Waals surface area contributed by atoms with Gasteiger partial charge in [0.2, 0.25) is 5.91 Å². The van der Waals surface area contributed by atoms with Crippen molar-refractivity contribution in [3.8, 4) is 17.0 Å². The zero-order chi connectivity index (χ0) is 24.2. The minimum atomic E-state index is -0.0259. The number of morpholine rings is 1. The second-order valence-electron chi connectivity index (χ2n) is 8.87. The monoisotopic (exact) mass is 474 g/mol. The molecule has 3 aromatic rings. The number of carbonyl (C=O) groups excluding carboxylic acids is 2. The molecule has 2 aliphatic heterocycles. The summed E-state index contributed by atoms with van der Waals surface area (Å²) in [4.78, 5) is 37.0. The van der Waals surface area contributed by atoms with Gasteiger partial charge in [-0.3, -0.25) is 14.5 Å². The number of amides is 2. The lowest BCUT2D eigenvalue weighted by molar-refractivity contribution is -0.136. The standard InChI is InChI=1S/C27H30N4O4/c1-34-21-7-8-24-22(17-21)23(18-25(28-24)20-5-3-2-4-6-20)27(33)31-11-9-29(10-12-31)19-26(32)30-13-15-35-16-14-30/h2-8,17-18H,9-16,19H2,1H3. The number of methoxy groups -OCH3 is 1. The summed E-state index contributed by atoms with van der Waals surface area (Å²) >= 11 is 0. The van der Waals surface area contributed by atoms with Gasteiger partial charge in [0.15, 0.2) is 0 Å². The van der Waals surface area contributed by atoms with Crippen molar-refractivity contribution in [1.82, 2.24) is 19.7 Å². The summed E-state index contributed by atoms with van der Waals surface area (Å²) < 4.78 is 10.8. The van der Waals surface area contributed by atoms with Gasteiger partial charge in [0, 0.05) is 50.2 Å². The Bertz CT molecular complexity index is 1200. The first-order valence-corrected chi connectivity index (χ1v) is 12.0. The Morgan fingerprint density at radius 2 is 1.66 bits per heavy atom. The minimum Gasteiger partial charge on any atom is -0.497 e. The third-order valence-electron chi connectivity index (χ3n) is 6.70. The smallest absolute Gasteiger partial charge is 0.254 e. The molecule has 0 radical (unpaired) electrons. The quantitative estimate of drug-likeness (QED) is 0.566. The number of benzene rings is 2. The van der Waals surface area contributed by atoms with Crippen LogP contribution < -0.4 is 4.74 Å². The van der Waals surface area contributed by atoms with E-state index >= 15 is 0 Å². The fourth-order valence-electron chi connectivity index (χ4n) is 4.65. The number of fused-ring (bicyclic) bond motifs is 1. The molecule has 182 valence electrons. The molecule has 2 saturated heterocycles. The zero-order valence-corrected chi connectivity index (χ0v) is 20.0.